The summed E-state index contributed by atoms with van der Waals surface area (Å²) in [6, 6.07) is 11.3. The minimum Gasteiger partial charge on any atom is -0.357 e. The zero-order valence-corrected chi connectivity index (χ0v) is 18.3. The summed E-state index contributed by atoms with van der Waals surface area (Å²) in [7, 11) is 0. The molecule has 32 heavy (non-hydrogen) atoms. The molecule has 7 heteroatoms. The van der Waals surface area contributed by atoms with Crippen molar-refractivity contribution in [2.75, 3.05) is 25.0 Å². The van der Waals surface area contributed by atoms with Crippen LogP contribution in [0.2, 0.25) is 0 Å². The standard InChI is InChI=1S/C25H27N5O2/c1-15-3-4-18(11-16(15)2)23(31)30-21-12-17(5-8-27-21)20-13-19-22(29-20)25(14-28-24(19)32)6-9-26-10-7-25/h3-5,8,11-13,26,29H,6-7,9-10,14H2,1-2H3,(H,28,32)(H,27,30,31). The number of carbonyl (C=O) groups excluding carboxylic acids is 2. The van der Waals surface area contributed by atoms with Gasteiger partial charge in [0.25, 0.3) is 11.8 Å². The Morgan fingerprint density at radius 3 is 2.66 bits per heavy atom. The van der Waals surface area contributed by atoms with Crippen molar-refractivity contribution in [3.05, 3.63) is 70.5 Å². The molecule has 0 saturated carbocycles. The largest absolute Gasteiger partial charge is 0.357 e. The maximum atomic E-state index is 12.7. The van der Waals surface area contributed by atoms with E-state index in [2.05, 4.69) is 25.9 Å². The summed E-state index contributed by atoms with van der Waals surface area (Å²) in [6.45, 7) is 6.55. The van der Waals surface area contributed by atoms with Gasteiger partial charge < -0.3 is 20.9 Å². The van der Waals surface area contributed by atoms with Crippen molar-refractivity contribution in [2.24, 2.45) is 0 Å². The topological polar surface area (TPSA) is 98.9 Å². The molecule has 7 nitrogen and oxygen atoms in total. The quantitative estimate of drug-likeness (QED) is 0.513. The number of carbonyl (C=O) groups is 2. The Labute approximate surface area is 187 Å². The molecule has 0 aliphatic carbocycles. The number of amides is 2. The van der Waals surface area contributed by atoms with Crippen molar-refractivity contribution >= 4 is 17.6 Å². The highest BCUT2D eigenvalue weighted by Crippen LogP contribution is 2.39. The summed E-state index contributed by atoms with van der Waals surface area (Å²) in [5.41, 5.74) is 6.23. The van der Waals surface area contributed by atoms with Crippen LogP contribution in [0.25, 0.3) is 11.3 Å². The fourth-order valence-corrected chi connectivity index (χ4v) is 4.71. The molecule has 0 atom stereocenters. The Kier molecular flexibility index (Phi) is 5.06. The molecule has 0 bridgehead atoms. The van der Waals surface area contributed by atoms with Gasteiger partial charge in [-0.05, 0) is 81.2 Å². The Morgan fingerprint density at radius 2 is 1.88 bits per heavy atom. The molecule has 4 heterocycles. The number of aromatic nitrogens is 2. The van der Waals surface area contributed by atoms with Crippen LogP contribution < -0.4 is 16.0 Å². The first kappa shape index (κ1) is 20.5. The first-order valence-electron chi connectivity index (χ1n) is 11.0. The van der Waals surface area contributed by atoms with Crippen molar-refractivity contribution in [2.45, 2.75) is 32.1 Å². The Bertz CT molecular complexity index is 1210. The lowest BCUT2D eigenvalue weighted by Gasteiger charge is -2.40. The number of rotatable bonds is 3. The van der Waals surface area contributed by atoms with Crippen LogP contribution in [0.15, 0.2) is 42.6 Å². The first-order chi connectivity index (χ1) is 15.4. The molecule has 2 aliphatic rings. The highest BCUT2D eigenvalue weighted by atomic mass is 16.2. The lowest BCUT2D eigenvalue weighted by molar-refractivity contribution is 0.0913. The number of nitrogens with zero attached hydrogens (tertiary/aromatic N) is 1. The first-order valence-corrected chi connectivity index (χ1v) is 11.0. The molecule has 0 radical (unpaired) electrons. The molecule has 1 saturated heterocycles. The molecule has 2 amide bonds. The third kappa shape index (κ3) is 3.58. The third-order valence-corrected chi connectivity index (χ3v) is 6.82. The van der Waals surface area contributed by atoms with Crippen LogP contribution >= 0.6 is 0 Å². The van der Waals surface area contributed by atoms with Gasteiger partial charge in [0.1, 0.15) is 5.82 Å². The summed E-state index contributed by atoms with van der Waals surface area (Å²) < 4.78 is 0. The minimum absolute atomic E-state index is 0.0380. The fourth-order valence-electron chi connectivity index (χ4n) is 4.71. The van der Waals surface area contributed by atoms with Crippen LogP contribution in [0.5, 0.6) is 0 Å². The summed E-state index contributed by atoms with van der Waals surface area (Å²) in [5.74, 6) is 0.236. The van der Waals surface area contributed by atoms with E-state index >= 15 is 0 Å². The van der Waals surface area contributed by atoms with E-state index in [0.717, 1.165) is 54.0 Å². The molecule has 2 aromatic heterocycles. The summed E-state index contributed by atoms with van der Waals surface area (Å²) in [4.78, 5) is 33.1. The van der Waals surface area contributed by atoms with Gasteiger partial charge in [-0.1, -0.05) is 6.07 Å². The van der Waals surface area contributed by atoms with E-state index in [0.29, 0.717) is 23.5 Å². The van der Waals surface area contributed by atoms with Gasteiger partial charge in [0.05, 0.1) is 5.56 Å². The number of anilines is 1. The molecule has 0 unspecified atom stereocenters. The summed E-state index contributed by atoms with van der Waals surface area (Å²) >= 11 is 0. The molecule has 4 N–H and O–H groups in total. The highest BCUT2D eigenvalue weighted by Gasteiger charge is 2.42. The van der Waals surface area contributed by atoms with Crippen molar-refractivity contribution in [1.29, 1.82) is 0 Å². The molecule has 164 valence electrons. The van der Waals surface area contributed by atoms with Crippen LogP contribution in [0.3, 0.4) is 0 Å². The highest BCUT2D eigenvalue weighted by molar-refractivity contribution is 6.04. The number of fused-ring (bicyclic) bond motifs is 2. The second-order valence-corrected chi connectivity index (χ2v) is 8.87. The molecule has 3 aromatic rings. The molecule has 2 aliphatic heterocycles. The van der Waals surface area contributed by atoms with Gasteiger partial charge in [-0.25, -0.2) is 4.98 Å². The number of benzene rings is 1. The fraction of sp³-hybridized carbons (Fsp3) is 0.320. The van der Waals surface area contributed by atoms with Crippen LogP contribution in [0, 0.1) is 13.8 Å². The predicted octanol–water partition coefficient (Wildman–Crippen LogP) is 3.31. The maximum absolute atomic E-state index is 12.7. The van der Waals surface area contributed by atoms with Gasteiger partial charge in [-0.15, -0.1) is 0 Å². The Morgan fingerprint density at radius 1 is 1.06 bits per heavy atom. The molecule has 1 fully saturated rings. The van der Waals surface area contributed by atoms with E-state index in [9.17, 15) is 9.59 Å². The average molecular weight is 430 g/mol. The Hall–Kier alpha value is -3.45. The van der Waals surface area contributed by atoms with Gasteiger partial charge in [0.2, 0.25) is 0 Å². The lowest BCUT2D eigenvalue weighted by Crippen LogP contribution is -2.51. The Balaban J connectivity index is 1.44. The van der Waals surface area contributed by atoms with E-state index in [-0.39, 0.29) is 17.2 Å². The van der Waals surface area contributed by atoms with E-state index in [1.165, 1.54) is 0 Å². The number of aromatic amines is 1. The smallest absolute Gasteiger partial charge is 0.256 e. The number of hydrogen-bond acceptors (Lipinski definition) is 4. The SMILES string of the molecule is Cc1ccc(C(=O)Nc2cc(-c3cc4c([nH]3)C3(CCNCC3)CNC4=O)ccn2)cc1C. The van der Waals surface area contributed by atoms with Crippen molar-refractivity contribution in [1.82, 2.24) is 20.6 Å². The monoisotopic (exact) mass is 429 g/mol. The molecular formula is C25H27N5O2. The normalized spacial score (nSPS) is 17.0. The van der Waals surface area contributed by atoms with Gasteiger partial charge in [0, 0.05) is 40.7 Å². The molecule has 5 rings (SSSR count). The zero-order valence-electron chi connectivity index (χ0n) is 18.3. The average Bonchev–Trinajstić information content (AvgIpc) is 3.27. The van der Waals surface area contributed by atoms with Crippen molar-refractivity contribution < 1.29 is 9.59 Å². The maximum Gasteiger partial charge on any atom is 0.256 e. The second-order valence-electron chi connectivity index (χ2n) is 8.87. The zero-order chi connectivity index (χ0) is 22.3. The number of aryl methyl sites for hydroxylation is 2. The van der Waals surface area contributed by atoms with Gasteiger partial charge in [-0.3, -0.25) is 9.59 Å². The predicted molar refractivity (Wildman–Crippen MR) is 124 cm³/mol. The van der Waals surface area contributed by atoms with Crippen LogP contribution in [0.1, 0.15) is 50.4 Å². The van der Waals surface area contributed by atoms with Gasteiger partial charge in [0.15, 0.2) is 0 Å². The van der Waals surface area contributed by atoms with E-state index in [1.807, 2.05) is 50.2 Å². The van der Waals surface area contributed by atoms with Crippen LogP contribution in [-0.4, -0.2) is 41.4 Å². The lowest BCUT2D eigenvalue weighted by atomic mass is 9.73. The second kappa shape index (κ2) is 7.91. The molecule has 1 aromatic carbocycles. The van der Waals surface area contributed by atoms with Crippen molar-refractivity contribution in [3.63, 3.8) is 0 Å². The van der Waals surface area contributed by atoms with E-state index in [1.54, 1.807) is 6.20 Å². The van der Waals surface area contributed by atoms with Gasteiger partial charge >= 0.3 is 0 Å². The number of nitrogens with one attached hydrogen (secondary N) is 4. The number of H-pyrrole nitrogens is 1. The number of hydrogen-bond donors (Lipinski definition) is 4. The number of piperidine rings is 1. The third-order valence-electron chi connectivity index (χ3n) is 6.82. The van der Waals surface area contributed by atoms with Gasteiger partial charge in [-0.2, -0.15) is 0 Å². The van der Waals surface area contributed by atoms with E-state index < -0.39 is 0 Å². The number of pyridine rings is 1. The van der Waals surface area contributed by atoms with E-state index in [4.69, 9.17) is 0 Å². The van der Waals surface area contributed by atoms with Crippen molar-refractivity contribution in [3.8, 4) is 11.3 Å². The summed E-state index contributed by atoms with van der Waals surface area (Å²) in [5, 5.41) is 9.37. The van der Waals surface area contributed by atoms with Crippen LogP contribution in [-0.2, 0) is 5.41 Å². The molecule has 1 spiro atoms. The minimum atomic E-state index is -0.198. The molecular weight excluding hydrogens is 402 g/mol. The van der Waals surface area contributed by atoms with Crippen LogP contribution in [0.4, 0.5) is 5.82 Å². The summed E-state index contributed by atoms with van der Waals surface area (Å²) in [6.07, 6.45) is 3.63.